The number of anilines is 2. The molecule has 12 heteroatoms. The number of carboxylic acids is 1. The van der Waals surface area contributed by atoms with Crippen LogP contribution in [-0.2, 0) is 22.2 Å². The summed E-state index contributed by atoms with van der Waals surface area (Å²) in [6.45, 7) is -0.0181. The fourth-order valence-electron chi connectivity index (χ4n) is 3.53. The van der Waals surface area contributed by atoms with Gasteiger partial charge >= 0.3 is 12.0 Å². The largest absolute Gasteiger partial charge is 0.480 e. The van der Waals surface area contributed by atoms with Crippen molar-refractivity contribution in [3.63, 3.8) is 0 Å². The van der Waals surface area contributed by atoms with Crippen molar-refractivity contribution in [1.29, 1.82) is 0 Å². The zero-order valence-corrected chi connectivity index (χ0v) is 20.5. The number of urea groups is 1. The normalized spacial score (nSPS) is 16.3. The standard InChI is InChI=1S/C21H19Cl2N4O4PS/c22-14-8-15(23)10-17(9-14)33(31)27(11-20(28)29)16-1-2-18-13(7-16)3-5-26(18)21(30)25-19-12-32-6-4-24-19/h1-2,4,6-10,32H,3,5,11-12H2,(H,28,29)(H,24,25,30). The van der Waals surface area contributed by atoms with E-state index in [9.17, 15) is 18.9 Å². The third-order valence-corrected chi connectivity index (χ3v) is 7.69. The Morgan fingerprint density at radius 3 is 2.64 bits per heavy atom. The summed E-state index contributed by atoms with van der Waals surface area (Å²) >= 11 is 12.1. The Hall–Kier alpha value is -2.45. The molecule has 8 nitrogen and oxygen atoms in total. The first-order chi connectivity index (χ1) is 15.8. The molecule has 2 unspecified atom stereocenters. The average molecular weight is 525 g/mol. The molecule has 4 rings (SSSR count). The van der Waals surface area contributed by atoms with Gasteiger partial charge in [0.2, 0.25) is 0 Å². The maximum atomic E-state index is 13.2. The van der Waals surface area contributed by atoms with Crippen LogP contribution >= 0.6 is 31.8 Å². The maximum Gasteiger partial charge on any atom is 0.327 e. The topological polar surface area (TPSA) is 102 Å². The van der Waals surface area contributed by atoms with Gasteiger partial charge in [-0.05, 0) is 54.2 Å². The second-order valence-corrected chi connectivity index (χ2v) is 10.6. The number of hydrogen-bond acceptors (Lipinski definition) is 4. The summed E-state index contributed by atoms with van der Waals surface area (Å²) in [6, 6.07) is 9.37. The number of fused-ring (bicyclic) bond motifs is 1. The number of rotatable bonds is 5. The minimum absolute atomic E-state index is 0.264. The summed E-state index contributed by atoms with van der Waals surface area (Å²) in [5.74, 6) is 1.46. The van der Waals surface area contributed by atoms with Crippen molar-refractivity contribution in [1.82, 2.24) is 5.32 Å². The van der Waals surface area contributed by atoms with Gasteiger partial charge in [0.25, 0.3) is 0 Å². The average Bonchev–Trinajstić information content (AvgIpc) is 3.20. The first-order valence-electron chi connectivity index (χ1n) is 9.85. The summed E-state index contributed by atoms with van der Waals surface area (Å²) in [4.78, 5) is 30.4. The van der Waals surface area contributed by atoms with Crippen molar-refractivity contribution in [2.45, 2.75) is 11.3 Å². The van der Waals surface area contributed by atoms with Crippen LogP contribution in [0.4, 0.5) is 16.2 Å². The Morgan fingerprint density at radius 1 is 1.21 bits per heavy atom. The highest BCUT2D eigenvalue weighted by Crippen LogP contribution is 2.33. The van der Waals surface area contributed by atoms with Crippen LogP contribution in [0.2, 0.25) is 10.0 Å². The Kier molecular flexibility index (Phi) is 7.34. The number of carbonyl (C=O) groups is 2. The van der Waals surface area contributed by atoms with Crippen molar-refractivity contribution < 1.29 is 18.9 Å². The van der Waals surface area contributed by atoms with Crippen molar-refractivity contribution in [3.05, 3.63) is 64.0 Å². The van der Waals surface area contributed by atoms with Gasteiger partial charge in [-0.25, -0.2) is 14.0 Å². The predicted molar refractivity (Wildman–Crippen MR) is 134 cm³/mol. The number of amidine groups is 1. The van der Waals surface area contributed by atoms with E-state index in [1.165, 1.54) is 22.5 Å². The van der Waals surface area contributed by atoms with Gasteiger partial charge in [0.05, 0.1) is 10.6 Å². The van der Waals surface area contributed by atoms with Gasteiger partial charge < -0.3 is 5.11 Å². The number of carboxylic acid groups (broad SMARTS) is 1. The molecule has 2 aliphatic heterocycles. The molecule has 33 heavy (non-hydrogen) atoms. The van der Waals surface area contributed by atoms with E-state index in [0.717, 1.165) is 11.3 Å². The zero-order chi connectivity index (χ0) is 23.5. The van der Waals surface area contributed by atoms with Crippen LogP contribution in [0.3, 0.4) is 0 Å². The molecule has 172 valence electrons. The number of hydrogen-bond donors (Lipinski definition) is 2. The highest BCUT2D eigenvalue weighted by molar-refractivity contribution is 7.86. The Morgan fingerprint density at radius 2 is 1.97 bits per heavy atom. The SMILES string of the molecule is O=C(O)CN(c1ccc2c(c1)CCN2C(=O)NC1=NC=CPC1)S(=O)c1cc(Cl)cc(Cl)c1. The summed E-state index contributed by atoms with van der Waals surface area (Å²) in [6.07, 6.45) is 2.97. The maximum absolute atomic E-state index is 13.2. The first kappa shape index (κ1) is 23.7. The molecule has 0 saturated carbocycles. The van der Waals surface area contributed by atoms with Crippen LogP contribution in [-0.4, -0.2) is 46.4 Å². The number of aliphatic imine (C=N–C) groups is 1. The number of halogens is 2. The fraction of sp³-hybridized carbons (Fsp3) is 0.190. The van der Waals surface area contributed by atoms with Gasteiger partial charge in [-0.3, -0.25) is 19.3 Å². The smallest absolute Gasteiger partial charge is 0.327 e. The van der Waals surface area contributed by atoms with Crippen molar-refractivity contribution in [2.24, 2.45) is 4.99 Å². The molecular weight excluding hydrogens is 506 g/mol. The van der Waals surface area contributed by atoms with Crippen LogP contribution in [0.1, 0.15) is 5.56 Å². The molecule has 0 bridgehead atoms. The molecule has 2 aromatic carbocycles. The molecule has 2 amide bonds. The van der Waals surface area contributed by atoms with Gasteiger partial charge in [0.15, 0.2) is 11.0 Å². The van der Waals surface area contributed by atoms with Crippen LogP contribution in [0.15, 0.2) is 58.3 Å². The molecule has 2 N–H and O–H groups in total. The molecule has 2 aromatic rings. The minimum atomic E-state index is -1.86. The molecule has 2 aliphatic rings. The molecule has 0 aromatic heterocycles. The first-order valence-corrected chi connectivity index (χ1v) is 13.0. The quantitative estimate of drug-likeness (QED) is 0.571. The lowest BCUT2D eigenvalue weighted by Crippen LogP contribution is -2.43. The molecule has 0 saturated heterocycles. The van der Waals surface area contributed by atoms with E-state index in [4.69, 9.17) is 23.2 Å². The van der Waals surface area contributed by atoms with Gasteiger partial charge in [0.1, 0.15) is 12.4 Å². The molecule has 2 atom stereocenters. The van der Waals surface area contributed by atoms with E-state index in [-0.39, 0.29) is 6.03 Å². The number of carbonyl (C=O) groups excluding carboxylic acids is 1. The number of nitrogens with zero attached hydrogens (tertiary/aromatic N) is 3. The van der Waals surface area contributed by atoms with Crippen molar-refractivity contribution in [2.75, 3.05) is 28.5 Å². The van der Waals surface area contributed by atoms with E-state index in [2.05, 4.69) is 10.3 Å². The van der Waals surface area contributed by atoms with Gasteiger partial charge in [-0.2, -0.15) is 0 Å². The highest BCUT2D eigenvalue weighted by atomic mass is 35.5. The van der Waals surface area contributed by atoms with Crippen molar-refractivity contribution >= 4 is 72.0 Å². The second kappa shape index (κ2) is 10.2. The summed E-state index contributed by atoms with van der Waals surface area (Å²) in [5.41, 5.74) is 2.03. The van der Waals surface area contributed by atoms with E-state index in [1.54, 1.807) is 29.3 Å². The molecule has 0 aliphatic carbocycles. The minimum Gasteiger partial charge on any atom is -0.480 e. The van der Waals surface area contributed by atoms with Crippen LogP contribution in [0.5, 0.6) is 0 Å². The van der Waals surface area contributed by atoms with E-state index < -0.39 is 23.5 Å². The Balaban J connectivity index is 1.59. The third-order valence-electron chi connectivity index (χ3n) is 4.95. The van der Waals surface area contributed by atoms with Gasteiger partial charge in [0, 0.05) is 34.6 Å². The van der Waals surface area contributed by atoms with E-state index in [0.29, 0.717) is 54.2 Å². The van der Waals surface area contributed by atoms with Crippen LogP contribution in [0.25, 0.3) is 0 Å². The Labute approximate surface area is 204 Å². The van der Waals surface area contributed by atoms with Gasteiger partial charge in [-0.15, -0.1) is 0 Å². The van der Waals surface area contributed by atoms with Crippen LogP contribution in [0, 0.1) is 0 Å². The number of aliphatic carboxylic acids is 1. The van der Waals surface area contributed by atoms with Crippen LogP contribution < -0.4 is 14.5 Å². The lowest BCUT2D eigenvalue weighted by Gasteiger charge is -2.23. The van der Waals surface area contributed by atoms with Crippen molar-refractivity contribution in [3.8, 4) is 0 Å². The Bertz CT molecular complexity index is 1190. The molecule has 0 fully saturated rings. The van der Waals surface area contributed by atoms with E-state index in [1.807, 2.05) is 5.82 Å². The number of amides is 2. The predicted octanol–water partition coefficient (Wildman–Crippen LogP) is 4.24. The molecular formula is C21H19Cl2N4O4PS. The number of nitrogens with one attached hydrogen (secondary N) is 1. The monoisotopic (exact) mass is 524 g/mol. The van der Waals surface area contributed by atoms with Gasteiger partial charge in [-0.1, -0.05) is 31.8 Å². The molecule has 2 heterocycles. The summed E-state index contributed by atoms with van der Waals surface area (Å²) in [5, 5.41) is 12.9. The van der Waals surface area contributed by atoms with E-state index >= 15 is 0 Å². The second-order valence-electron chi connectivity index (χ2n) is 7.20. The third kappa shape index (κ3) is 5.55. The number of benzene rings is 2. The summed E-state index contributed by atoms with van der Waals surface area (Å²) < 4.78 is 14.5. The lowest BCUT2D eigenvalue weighted by molar-refractivity contribution is -0.135. The zero-order valence-electron chi connectivity index (χ0n) is 17.1. The summed E-state index contributed by atoms with van der Waals surface area (Å²) in [7, 11) is -1.27. The molecule has 0 spiro atoms. The molecule has 0 radical (unpaired) electrons. The lowest BCUT2D eigenvalue weighted by atomic mass is 10.1. The highest BCUT2D eigenvalue weighted by Gasteiger charge is 2.28. The fourth-order valence-corrected chi connectivity index (χ4v) is 6.10.